The molecule has 0 amide bonds. The average molecular weight is 265 g/mol. The maximum absolute atomic E-state index is 5.89. The van der Waals surface area contributed by atoms with Crippen LogP contribution in [0, 0.1) is 5.92 Å². The summed E-state index contributed by atoms with van der Waals surface area (Å²) in [6.45, 7) is 4.97. The summed E-state index contributed by atoms with van der Waals surface area (Å²) in [4.78, 5) is 2.60. The second-order valence-corrected chi connectivity index (χ2v) is 6.01. The molecule has 0 aliphatic carbocycles. The predicted molar refractivity (Wildman–Crippen MR) is 76.1 cm³/mol. The van der Waals surface area contributed by atoms with E-state index >= 15 is 0 Å². The van der Waals surface area contributed by atoms with Crippen LogP contribution in [0.5, 0.6) is 0 Å². The van der Waals surface area contributed by atoms with E-state index in [1.807, 2.05) is 12.1 Å². The van der Waals surface area contributed by atoms with Crippen molar-refractivity contribution in [3.05, 3.63) is 34.9 Å². The van der Waals surface area contributed by atoms with Crippen LogP contribution in [-0.2, 0) is 6.42 Å². The van der Waals surface area contributed by atoms with E-state index in [2.05, 4.69) is 22.3 Å². The van der Waals surface area contributed by atoms with Gasteiger partial charge in [-0.25, -0.2) is 0 Å². The van der Waals surface area contributed by atoms with Crippen LogP contribution in [-0.4, -0.2) is 37.1 Å². The van der Waals surface area contributed by atoms with Crippen molar-refractivity contribution in [1.82, 2.24) is 10.2 Å². The molecule has 1 unspecified atom stereocenters. The van der Waals surface area contributed by atoms with Gasteiger partial charge in [-0.05, 0) is 62.5 Å². The van der Waals surface area contributed by atoms with E-state index in [-0.39, 0.29) is 0 Å². The quantitative estimate of drug-likeness (QED) is 0.899. The summed E-state index contributed by atoms with van der Waals surface area (Å²) in [5.74, 6) is 0.917. The van der Waals surface area contributed by atoms with Gasteiger partial charge in [-0.3, -0.25) is 0 Å². The van der Waals surface area contributed by atoms with Gasteiger partial charge in [0.25, 0.3) is 0 Å². The minimum Gasteiger partial charge on any atom is -0.312 e. The zero-order valence-electron chi connectivity index (χ0n) is 10.7. The molecule has 3 aliphatic heterocycles. The van der Waals surface area contributed by atoms with Gasteiger partial charge in [-0.15, -0.1) is 0 Å². The first kappa shape index (κ1) is 12.5. The van der Waals surface area contributed by atoms with Crippen molar-refractivity contribution in [2.75, 3.05) is 26.2 Å². The lowest BCUT2D eigenvalue weighted by Crippen LogP contribution is -2.56. The van der Waals surface area contributed by atoms with Crippen LogP contribution < -0.4 is 5.32 Å². The monoisotopic (exact) mass is 264 g/mol. The van der Waals surface area contributed by atoms with Gasteiger partial charge in [0.1, 0.15) is 0 Å². The Morgan fingerprint density at radius 3 is 2.50 bits per heavy atom. The topological polar surface area (TPSA) is 15.3 Å². The van der Waals surface area contributed by atoms with Gasteiger partial charge in [-0.2, -0.15) is 0 Å². The molecule has 3 saturated heterocycles. The third-order valence-corrected chi connectivity index (χ3v) is 4.64. The van der Waals surface area contributed by atoms with Crippen molar-refractivity contribution < 1.29 is 0 Å². The molecule has 1 N–H and O–H groups in total. The smallest absolute Gasteiger partial charge is 0.0406 e. The molecule has 3 heteroatoms. The van der Waals surface area contributed by atoms with Gasteiger partial charge in [0.05, 0.1) is 0 Å². The number of nitrogens with zero attached hydrogens (tertiary/aromatic N) is 1. The van der Waals surface area contributed by atoms with Gasteiger partial charge in [0, 0.05) is 17.6 Å². The number of nitrogens with one attached hydrogen (secondary N) is 1. The zero-order valence-corrected chi connectivity index (χ0v) is 11.5. The van der Waals surface area contributed by atoms with E-state index in [4.69, 9.17) is 11.6 Å². The minimum absolute atomic E-state index is 0.722. The Balaban J connectivity index is 1.46. The fourth-order valence-corrected chi connectivity index (χ4v) is 3.38. The van der Waals surface area contributed by atoms with E-state index < -0.39 is 0 Å². The SMILES string of the molecule is Clc1ccc(CCNC2CN3CCC2CC3)cc1. The number of fused-ring (bicyclic) bond motifs is 3. The summed E-state index contributed by atoms with van der Waals surface area (Å²) < 4.78 is 0. The summed E-state index contributed by atoms with van der Waals surface area (Å²) in [6.07, 6.45) is 3.87. The molecular formula is C15H21ClN2. The molecule has 98 valence electrons. The highest BCUT2D eigenvalue weighted by molar-refractivity contribution is 6.30. The normalized spacial score (nSPS) is 30.6. The van der Waals surface area contributed by atoms with E-state index in [1.165, 1.54) is 38.0 Å². The molecule has 0 radical (unpaired) electrons. The fourth-order valence-electron chi connectivity index (χ4n) is 3.25. The molecule has 0 aromatic heterocycles. The first-order valence-electron chi connectivity index (χ1n) is 7.01. The van der Waals surface area contributed by atoms with Gasteiger partial charge >= 0.3 is 0 Å². The minimum atomic E-state index is 0.722. The maximum atomic E-state index is 5.89. The van der Waals surface area contributed by atoms with Gasteiger partial charge in [0.2, 0.25) is 0 Å². The van der Waals surface area contributed by atoms with Crippen molar-refractivity contribution in [2.24, 2.45) is 5.92 Å². The highest BCUT2D eigenvalue weighted by atomic mass is 35.5. The Morgan fingerprint density at radius 1 is 1.17 bits per heavy atom. The Labute approximate surface area is 114 Å². The molecule has 2 nitrogen and oxygen atoms in total. The van der Waals surface area contributed by atoms with Crippen LogP contribution in [0.2, 0.25) is 5.02 Å². The summed E-state index contributed by atoms with van der Waals surface area (Å²) in [5.41, 5.74) is 1.37. The number of hydrogen-bond acceptors (Lipinski definition) is 2. The largest absolute Gasteiger partial charge is 0.312 e. The fraction of sp³-hybridized carbons (Fsp3) is 0.600. The summed E-state index contributed by atoms with van der Waals surface area (Å²) in [6, 6.07) is 8.93. The molecular weight excluding hydrogens is 244 g/mol. The van der Waals surface area contributed by atoms with E-state index in [9.17, 15) is 0 Å². The van der Waals surface area contributed by atoms with Crippen LogP contribution in [0.4, 0.5) is 0 Å². The van der Waals surface area contributed by atoms with E-state index in [1.54, 1.807) is 0 Å². The molecule has 0 spiro atoms. The molecule has 3 heterocycles. The van der Waals surface area contributed by atoms with Crippen LogP contribution in [0.3, 0.4) is 0 Å². The third-order valence-electron chi connectivity index (χ3n) is 4.39. The first-order chi connectivity index (χ1) is 8.81. The lowest BCUT2D eigenvalue weighted by molar-refractivity contribution is 0.0731. The number of piperidine rings is 3. The lowest BCUT2D eigenvalue weighted by Gasteiger charge is -2.45. The lowest BCUT2D eigenvalue weighted by atomic mass is 9.84. The van der Waals surface area contributed by atoms with Gasteiger partial charge < -0.3 is 10.2 Å². The van der Waals surface area contributed by atoms with Crippen LogP contribution in [0.1, 0.15) is 18.4 Å². The van der Waals surface area contributed by atoms with Crippen LogP contribution >= 0.6 is 11.6 Å². The molecule has 1 atom stereocenters. The Kier molecular flexibility index (Phi) is 3.88. The summed E-state index contributed by atoms with van der Waals surface area (Å²) in [7, 11) is 0. The van der Waals surface area contributed by atoms with Crippen molar-refractivity contribution in [1.29, 1.82) is 0 Å². The van der Waals surface area contributed by atoms with Gasteiger partial charge in [-0.1, -0.05) is 23.7 Å². The van der Waals surface area contributed by atoms with Crippen molar-refractivity contribution >= 4 is 11.6 Å². The summed E-state index contributed by atoms with van der Waals surface area (Å²) in [5, 5.41) is 4.56. The standard InChI is InChI=1S/C15H21ClN2/c16-14-3-1-12(2-4-14)5-8-17-15-11-18-9-6-13(15)7-10-18/h1-4,13,15,17H,5-11H2. The molecule has 4 rings (SSSR count). The van der Waals surface area contributed by atoms with Crippen LogP contribution in [0.25, 0.3) is 0 Å². The molecule has 1 aromatic carbocycles. The Bertz CT molecular complexity index is 382. The third kappa shape index (κ3) is 2.87. The Morgan fingerprint density at radius 2 is 1.89 bits per heavy atom. The maximum Gasteiger partial charge on any atom is 0.0406 e. The summed E-state index contributed by atoms with van der Waals surface area (Å²) >= 11 is 5.89. The molecule has 2 bridgehead atoms. The van der Waals surface area contributed by atoms with Crippen molar-refractivity contribution in [3.8, 4) is 0 Å². The number of halogens is 1. The molecule has 1 aromatic rings. The Hall–Kier alpha value is -0.570. The van der Waals surface area contributed by atoms with E-state index in [0.717, 1.165) is 29.9 Å². The predicted octanol–water partition coefficient (Wildman–Crippen LogP) is 2.57. The first-order valence-corrected chi connectivity index (χ1v) is 7.39. The number of benzene rings is 1. The van der Waals surface area contributed by atoms with Crippen molar-refractivity contribution in [2.45, 2.75) is 25.3 Å². The molecule has 18 heavy (non-hydrogen) atoms. The van der Waals surface area contributed by atoms with E-state index in [0.29, 0.717) is 0 Å². The van der Waals surface area contributed by atoms with Crippen molar-refractivity contribution in [3.63, 3.8) is 0 Å². The number of hydrogen-bond donors (Lipinski definition) is 1. The second-order valence-electron chi connectivity index (χ2n) is 5.58. The molecule has 3 fully saturated rings. The van der Waals surface area contributed by atoms with Gasteiger partial charge in [0.15, 0.2) is 0 Å². The molecule has 0 saturated carbocycles. The molecule has 3 aliphatic rings. The highest BCUT2D eigenvalue weighted by Gasteiger charge is 2.33. The zero-order chi connectivity index (χ0) is 12.4. The number of rotatable bonds is 4. The highest BCUT2D eigenvalue weighted by Crippen LogP contribution is 2.27. The second kappa shape index (κ2) is 5.60. The van der Waals surface area contributed by atoms with Crippen LogP contribution in [0.15, 0.2) is 24.3 Å². The average Bonchev–Trinajstić information content (AvgIpc) is 2.42.